The first-order chi connectivity index (χ1) is 8.75. The molecular weight excluding hydrogens is 361 g/mol. The first kappa shape index (κ1) is 18.2. The molecule has 0 heterocycles. The summed E-state index contributed by atoms with van der Waals surface area (Å²) in [7, 11) is -7.61. The molecule has 2 atom stereocenters. The molecule has 1 aliphatic carbocycles. The van der Waals surface area contributed by atoms with Gasteiger partial charge in [-0.3, -0.25) is 4.55 Å². The van der Waals surface area contributed by atoms with Crippen LogP contribution in [0.1, 0.15) is 0 Å². The zero-order valence-electron chi connectivity index (χ0n) is 8.83. The van der Waals surface area contributed by atoms with E-state index in [2.05, 4.69) is 0 Å². The predicted molar refractivity (Wildman–Crippen MR) is 40.1 cm³/mol. The predicted octanol–water partition coefficient (Wildman–Crippen LogP) is 2.73. The van der Waals surface area contributed by atoms with Crippen molar-refractivity contribution >= 4 is 10.1 Å². The van der Waals surface area contributed by atoms with Gasteiger partial charge in [-0.2, -0.15) is 47.9 Å². The van der Waals surface area contributed by atoms with Gasteiger partial charge in [-0.05, 0) is 0 Å². The van der Waals surface area contributed by atoms with Gasteiger partial charge in [0, 0.05) is 0 Å². The molecule has 0 aromatic rings. The first-order valence-corrected chi connectivity index (χ1v) is 5.74. The van der Waals surface area contributed by atoms with Crippen molar-refractivity contribution in [3.8, 4) is 0 Å². The van der Waals surface area contributed by atoms with E-state index in [4.69, 9.17) is 4.55 Å². The van der Waals surface area contributed by atoms with Crippen LogP contribution in [-0.2, 0) is 10.1 Å². The number of hydrogen-bond acceptors (Lipinski definition) is 2. The third-order valence-corrected chi connectivity index (χ3v) is 4.04. The highest BCUT2D eigenvalue weighted by molar-refractivity contribution is 7.87. The van der Waals surface area contributed by atoms with Gasteiger partial charge in [0.05, 0.1) is 0 Å². The van der Waals surface area contributed by atoms with Crippen LogP contribution in [0, 0.1) is 0 Å². The lowest BCUT2D eigenvalue weighted by Crippen LogP contribution is -2.64. The van der Waals surface area contributed by atoms with E-state index in [9.17, 15) is 56.7 Å². The second-order valence-electron chi connectivity index (χ2n) is 3.95. The Kier molecular flexibility index (Phi) is 3.22. The molecule has 0 spiro atoms. The molecule has 0 aromatic carbocycles. The van der Waals surface area contributed by atoms with Gasteiger partial charge in [0.2, 0.25) is 0 Å². The van der Waals surface area contributed by atoms with Crippen molar-refractivity contribution in [2.45, 2.75) is 34.6 Å². The Morgan fingerprint density at radius 1 is 0.714 bits per heavy atom. The quantitative estimate of drug-likeness (QED) is 0.577. The number of alkyl halides is 11. The summed E-state index contributed by atoms with van der Waals surface area (Å²) in [6, 6.07) is 0. The summed E-state index contributed by atoms with van der Waals surface area (Å²) < 4.78 is 169. The Bertz CT molecular complexity index is 565. The molecule has 0 saturated heterocycles. The summed E-state index contributed by atoms with van der Waals surface area (Å²) in [5.41, 5.74) is -7.58. The second kappa shape index (κ2) is 3.72. The van der Waals surface area contributed by atoms with Crippen molar-refractivity contribution in [1.29, 1.82) is 0 Å². The molecule has 15 heteroatoms. The summed E-state index contributed by atoms with van der Waals surface area (Å²) >= 11 is 0. The lowest BCUT2D eigenvalue weighted by Gasteiger charge is -2.32. The summed E-state index contributed by atoms with van der Waals surface area (Å²) in [5.74, 6) is -22.5. The normalized spacial score (nSPS) is 38.5. The summed E-state index contributed by atoms with van der Waals surface area (Å²) in [4.78, 5) is 0. The van der Waals surface area contributed by atoms with E-state index >= 15 is 0 Å². The molecule has 21 heavy (non-hydrogen) atoms. The van der Waals surface area contributed by atoms with Crippen LogP contribution < -0.4 is 0 Å². The van der Waals surface area contributed by atoms with Crippen molar-refractivity contribution in [2.75, 3.05) is 0 Å². The Balaban J connectivity index is 4.04. The largest absolute Gasteiger partial charge is 0.435 e. The highest BCUT2D eigenvalue weighted by Gasteiger charge is 3.07. The van der Waals surface area contributed by atoms with Gasteiger partial charge < -0.3 is 0 Å². The van der Waals surface area contributed by atoms with Crippen LogP contribution in [-0.4, -0.2) is 47.6 Å². The highest BCUT2D eigenvalue weighted by Crippen LogP contribution is 2.73. The standard InChI is InChI=1S/C6HF11O3S/c7-1(6(15,16)17)2(8,9)4(12,13)5(14,3(1,10)11)21(18,19)20/h(H,18,19,20). The molecule has 0 radical (unpaired) electrons. The number of hydrogen-bond donors (Lipinski definition) is 1. The van der Waals surface area contributed by atoms with Gasteiger partial charge in [0.15, 0.2) is 0 Å². The minimum Gasteiger partial charge on any atom is -0.283 e. The Labute approximate surface area is 107 Å². The van der Waals surface area contributed by atoms with E-state index in [1.807, 2.05) is 0 Å². The maximum Gasteiger partial charge on any atom is 0.435 e. The molecule has 0 amide bonds. The minimum absolute atomic E-state index is 7.24. The molecule has 1 aliphatic rings. The monoisotopic (exact) mass is 362 g/mol. The van der Waals surface area contributed by atoms with E-state index in [1.165, 1.54) is 0 Å². The average molecular weight is 362 g/mol. The molecule has 2 unspecified atom stereocenters. The number of rotatable bonds is 1. The zero-order valence-corrected chi connectivity index (χ0v) is 9.65. The van der Waals surface area contributed by atoms with Crippen LogP contribution in [0.3, 0.4) is 0 Å². The van der Waals surface area contributed by atoms with Gasteiger partial charge in [0.1, 0.15) is 0 Å². The molecule has 1 fully saturated rings. The fraction of sp³-hybridized carbons (Fsp3) is 1.00. The van der Waals surface area contributed by atoms with Gasteiger partial charge in [-0.1, -0.05) is 0 Å². The van der Waals surface area contributed by atoms with E-state index < -0.39 is 44.7 Å². The van der Waals surface area contributed by atoms with Crippen molar-refractivity contribution in [2.24, 2.45) is 0 Å². The van der Waals surface area contributed by atoms with Crippen molar-refractivity contribution in [3.63, 3.8) is 0 Å². The average Bonchev–Trinajstić information content (AvgIpc) is 2.27. The van der Waals surface area contributed by atoms with Gasteiger partial charge >= 0.3 is 44.7 Å². The zero-order chi connectivity index (χ0) is 17.5. The Hall–Kier alpha value is -0.860. The first-order valence-electron chi connectivity index (χ1n) is 4.30. The van der Waals surface area contributed by atoms with Crippen LogP contribution in [0.4, 0.5) is 48.3 Å². The molecule has 0 aliphatic heterocycles. The van der Waals surface area contributed by atoms with Gasteiger partial charge in [-0.25, -0.2) is 8.78 Å². The number of halogens is 11. The molecule has 0 aromatic heterocycles. The Morgan fingerprint density at radius 3 is 1.19 bits per heavy atom. The van der Waals surface area contributed by atoms with E-state index in [0.717, 1.165) is 0 Å². The van der Waals surface area contributed by atoms with E-state index in [1.54, 1.807) is 0 Å². The van der Waals surface area contributed by atoms with Crippen LogP contribution >= 0.6 is 0 Å². The summed E-state index contributed by atoms with van der Waals surface area (Å²) in [6.07, 6.45) is -7.50. The fourth-order valence-corrected chi connectivity index (χ4v) is 2.63. The van der Waals surface area contributed by atoms with E-state index in [0.29, 0.717) is 0 Å². The van der Waals surface area contributed by atoms with Crippen LogP contribution in [0.25, 0.3) is 0 Å². The lowest BCUT2D eigenvalue weighted by molar-refractivity contribution is -0.358. The molecule has 1 saturated carbocycles. The smallest absolute Gasteiger partial charge is 0.283 e. The van der Waals surface area contributed by atoms with E-state index in [-0.39, 0.29) is 0 Å². The van der Waals surface area contributed by atoms with Gasteiger partial charge in [-0.15, -0.1) is 0 Å². The fourth-order valence-electron chi connectivity index (χ4n) is 1.71. The van der Waals surface area contributed by atoms with Crippen LogP contribution in [0.15, 0.2) is 0 Å². The highest BCUT2D eigenvalue weighted by atomic mass is 32.2. The minimum atomic E-state index is -7.61. The molecule has 1 rings (SSSR count). The topological polar surface area (TPSA) is 54.4 Å². The van der Waals surface area contributed by atoms with Crippen LogP contribution in [0.2, 0.25) is 0 Å². The molecule has 0 bridgehead atoms. The van der Waals surface area contributed by atoms with Crippen molar-refractivity contribution in [3.05, 3.63) is 0 Å². The second-order valence-corrected chi connectivity index (χ2v) is 5.46. The summed E-state index contributed by atoms with van der Waals surface area (Å²) in [5, 5.41) is -7.24. The van der Waals surface area contributed by atoms with Crippen molar-refractivity contribution in [1.82, 2.24) is 0 Å². The SMILES string of the molecule is O=S(=O)(O)C1(F)C(F)(F)C(F)(F)C(F)(C(F)(F)F)C1(F)F. The van der Waals surface area contributed by atoms with Crippen LogP contribution in [0.5, 0.6) is 0 Å². The molecule has 126 valence electrons. The van der Waals surface area contributed by atoms with Crippen molar-refractivity contribution < 1.29 is 61.3 Å². The third-order valence-electron chi connectivity index (χ3n) is 2.81. The maximum atomic E-state index is 13.3. The maximum absolute atomic E-state index is 13.3. The molecule has 3 nitrogen and oxygen atoms in total. The Morgan fingerprint density at radius 2 is 1.05 bits per heavy atom. The molecular formula is C6HF11O3S. The third kappa shape index (κ3) is 1.46. The van der Waals surface area contributed by atoms with Gasteiger partial charge in [0.25, 0.3) is 0 Å². The summed E-state index contributed by atoms with van der Waals surface area (Å²) in [6.45, 7) is 0. The molecule has 1 N–H and O–H groups in total. The lowest BCUT2D eigenvalue weighted by atomic mass is 9.96.